The van der Waals surface area contributed by atoms with Gasteiger partial charge in [0.2, 0.25) is 0 Å². The summed E-state index contributed by atoms with van der Waals surface area (Å²) in [6, 6.07) is 3.39. The fraction of sp³-hybridized carbons (Fsp3) is 0.500. The highest BCUT2D eigenvalue weighted by atomic mass is 19.4. The molecule has 102 valence electrons. The van der Waals surface area contributed by atoms with Gasteiger partial charge in [-0.05, 0) is 30.5 Å². The number of benzene rings is 1. The molecule has 0 fully saturated rings. The minimum atomic E-state index is -4.50. The van der Waals surface area contributed by atoms with Gasteiger partial charge >= 0.3 is 6.18 Å². The van der Waals surface area contributed by atoms with E-state index >= 15 is 0 Å². The largest absolute Gasteiger partial charge is 0.416 e. The van der Waals surface area contributed by atoms with Crippen molar-refractivity contribution in [2.45, 2.75) is 31.7 Å². The fourth-order valence-corrected chi connectivity index (χ4v) is 1.64. The maximum atomic E-state index is 12.7. The second-order valence-corrected chi connectivity index (χ2v) is 4.10. The normalized spacial score (nSPS) is 15.5. The summed E-state index contributed by atoms with van der Waals surface area (Å²) >= 11 is 0. The Morgan fingerprint density at radius 1 is 1.22 bits per heavy atom. The van der Waals surface area contributed by atoms with Crippen LogP contribution in [0.3, 0.4) is 0 Å². The SMILES string of the molecule is Cc1ccc(C(O)C(O)CCO)cc1C(F)(F)F. The topological polar surface area (TPSA) is 60.7 Å². The van der Waals surface area contributed by atoms with Crippen molar-refractivity contribution >= 4 is 0 Å². The molecule has 1 aromatic carbocycles. The first-order valence-corrected chi connectivity index (χ1v) is 5.42. The van der Waals surface area contributed by atoms with Crippen LogP contribution >= 0.6 is 0 Å². The molecule has 6 heteroatoms. The van der Waals surface area contributed by atoms with E-state index < -0.39 is 23.9 Å². The van der Waals surface area contributed by atoms with Gasteiger partial charge in [-0.15, -0.1) is 0 Å². The van der Waals surface area contributed by atoms with E-state index in [1.165, 1.54) is 19.1 Å². The molecule has 0 aliphatic rings. The lowest BCUT2D eigenvalue weighted by Gasteiger charge is -2.19. The number of aryl methyl sites for hydroxylation is 1. The summed E-state index contributed by atoms with van der Waals surface area (Å²) in [6.45, 7) is 0.972. The second kappa shape index (κ2) is 5.69. The maximum Gasteiger partial charge on any atom is 0.416 e. The van der Waals surface area contributed by atoms with E-state index in [2.05, 4.69) is 0 Å². The third kappa shape index (κ3) is 3.44. The van der Waals surface area contributed by atoms with E-state index in [9.17, 15) is 23.4 Å². The molecule has 0 saturated heterocycles. The van der Waals surface area contributed by atoms with Crippen LogP contribution < -0.4 is 0 Å². The molecule has 0 amide bonds. The van der Waals surface area contributed by atoms with Gasteiger partial charge in [0.1, 0.15) is 6.10 Å². The monoisotopic (exact) mass is 264 g/mol. The lowest BCUT2D eigenvalue weighted by Crippen LogP contribution is -2.20. The summed E-state index contributed by atoms with van der Waals surface area (Å²) in [4.78, 5) is 0. The molecule has 3 N–H and O–H groups in total. The van der Waals surface area contributed by atoms with Crippen molar-refractivity contribution in [3.8, 4) is 0 Å². The number of alkyl halides is 3. The van der Waals surface area contributed by atoms with Crippen LogP contribution in [0.4, 0.5) is 13.2 Å². The third-order valence-corrected chi connectivity index (χ3v) is 2.70. The fourth-order valence-electron chi connectivity index (χ4n) is 1.64. The van der Waals surface area contributed by atoms with Gasteiger partial charge < -0.3 is 15.3 Å². The molecule has 1 rings (SSSR count). The lowest BCUT2D eigenvalue weighted by atomic mass is 9.97. The first-order chi connectivity index (χ1) is 8.27. The Morgan fingerprint density at radius 2 is 1.83 bits per heavy atom. The Morgan fingerprint density at radius 3 is 2.33 bits per heavy atom. The zero-order chi connectivity index (χ0) is 13.9. The van der Waals surface area contributed by atoms with Gasteiger partial charge in [-0.2, -0.15) is 13.2 Å². The molecule has 0 aromatic heterocycles. The van der Waals surface area contributed by atoms with Crippen LogP contribution in [-0.2, 0) is 6.18 Å². The number of aliphatic hydroxyl groups is 3. The van der Waals surface area contributed by atoms with Gasteiger partial charge in [0.15, 0.2) is 0 Å². The van der Waals surface area contributed by atoms with Gasteiger partial charge in [0.25, 0.3) is 0 Å². The van der Waals surface area contributed by atoms with Gasteiger partial charge in [0, 0.05) is 6.61 Å². The number of hydrogen-bond donors (Lipinski definition) is 3. The number of hydrogen-bond acceptors (Lipinski definition) is 3. The molecule has 0 saturated carbocycles. The van der Waals surface area contributed by atoms with E-state index in [1.54, 1.807) is 0 Å². The summed E-state index contributed by atoms with van der Waals surface area (Å²) < 4.78 is 38.0. The Kier molecular flexibility index (Phi) is 4.72. The van der Waals surface area contributed by atoms with Crippen molar-refractivity contribution in [1.29, 1.82) is 0 Å². The van der Waals surface area contributed by atoms with Crippen LogP contribution in [0.15, 0.2) is 18.2 Å². The molecular formula is C12H15F3O3. The highest BCUT2D eigenvalue weighted by Gasteiger charge is 2.33. The minimum absolute atomic E-state index is 0.0196. The van der Waals surface area contributed by atoms with Gasteiger partial charge in [0.05, 0.1) is 11.7 Å². The zero-order valence-electron chi connectivity index (χ0n) is 9.78. The van der Waals surface area contributed by atoms with Crippen LogP contribution in [0.1, 0.15) is 29.2 Å². The molecule has 0 aliphatic heterocycles. The molecule has 0 radical (unpaired) electrons. The number of aliphatic hydroxyl groups excluding tert-OH is 3. The quantitative estimate of drug-likeness (QED) is 0.777. The van der Waals surface area contributed by atoms with Crippen LogP contribution in [0, 0.1) is 6.92 Å². The van der Waals surface area contributed by atoms with E-state index in [0.29, 0.717) is 0 Å². The summed E-state index contributed by atoms with van der Waals surface area (Å²) in [5, 5.41) is 27.7. The smallest absolute Gasteiger partial charge is 0.396 e. The van der Waals surface area contributed by atoms with E-state index in [-0.39, 0.29) is 24.2 Å². The van der Waals surface area contributed by atoms with Gasteiger partial charge in [-0.1, -0.05) is 12.1 Å². The Balaban J connectivity index is 3.05. The van der Waals surface area contributed by atoms with Crippen molar-refractivity contribution in [3.63, 3.8) is 0 Å². The summed E-state index contributed by atoms with van der Waals surface area (Å²) in [6.07, 6.45) is -7.34. The summed E-state index contributed by atoms with van der Waals surface area (Å²) in [7, 11) is 0. The van der Waals surface area contributed by atoms with Crippen LogP contribution in [0.2, 0.25) is 0 Å². The average molecular weight is 264 g/mol. The zero-order valence-corrected chi connectivity index (χ0v) is 9.78. The highest BCUT2D eigenvalue weighted by Crippen LogP contribution is 2.34. The van der Waals surface area contributed by atoms with E-state index in [1.807, 2.05) is 0 Å². The molecule has 18 heavy (non-hydrogen) atoms. The average Bonchev–Trinajstić information content (AvgIpc) is 2.27. The lowest BCUT2D eigenvalue weighted by molar-refractivity contribution is -0.138. The Labute approximate surface area is 103 Å². The molecule has 0 spiro atoms. The Hall–Kier alpha value is -1.11. The van der Waals surface area contributed by atoms with Crippen molar-refractivity contribution in [1.82, 2.24) is 0 Å². The van der Waals surface area contributed by atoms with Crippen LogP contribution in [0.25, 0.3) is 0 Å². The molecular weight excluding hydrogens is 249 g/mol. The van der Waals surface area contributed by atoms with E-state index in [4.69, 9.17) is 5.11 Å². The first kappa shape index (κ1) is 14.9. The maximum absolute atomic E-state index is 12.7. The summed E-state index contributed by atoms with van der Waals surface area (Å²) in [5.41, 5.74) is -0.806. The third-order valence-electron chi connectivity index (χ3n) is 2.70. The van der Waals surface area contributed by atoms with E-state index in [0.717, 1.165) is 6.07 Å². The molecule has 0 heterocycles. The Bertz CT molecular complexity index is 404. The molecule has 0 bridgehead atoms. The van der Waals surface area contributed by atoms with Crippen molar-refractivity contribution in [2.24, 2.45) is 0 Å². The summed E-state index contributed by atoms with van der Waals surface area (Å²) in [5.74, 6) is 0. The number of rotatable bonds is 4. The van der Waals surface area contributed by atoms with Crippen LogP contribution in [-0.4, -0.2) is 28.0 Å². The van der Waals surface area contributed by atoms with Gasteiger partial charge in [-0.25, -0.2) is 0 Å². The molecule has 2 atom stereocenters. The van der Waals surface area contributed by atoms with Crippen molar-refractivity contribution in [2.75, 3.05) is 6.61 Å². The predicted octanol–water partition coefficient (Wildman–Crippen LogP) is 1.79. The van der Waals surface area contributed by atoms with Crippen LogP contribution in [0.5, 0.6) is 0 Å². The molecule has 3 nitrogen and oxygen atoms in total. The van der Waals surface area contributed by atoms with Crippen molar-refractivity contribution in [3.05, 3.63) is 34.9 Å². The second-order valence-electron chi connectivity index (χ2n) is 4.10. The predicted molar refractivity (Wildman–Crippen MR) is 58.9 cm³/mol. The molecule has 1 aromatic rings. The molecule has 0 aliphatic carbocycles. The minimum Gasteiger partial charge on any atom is -0.396 e. The molecule has 2 unspecified atom stereocenters. The first-order valence-electron chi connectivity index (χ1n) is 5.42. The highest BCUT2D eigenvalue weighted by molar-refractivity contribution is 5.34. The van der Waals surface area contributed by atoms with Gasteiger partial charge in [-0.3, -0.25) is 0 Å². The standard InChI is InChI=1S/C12H15F3O3/c1-7-2-3-8(6-9(7)12(13,14)15)11(18)10(17)4-5-16/h2-3,6,10-11,16-18H,4-5H2,1H3. The number of halogens is 3. The van der Waals surface area contributed by atoms with Crippen molar-refractivity contribution < 1.29 is 28.5 Å².